The molecule has 1 atom stereocenters. The summed E-state index contributed by atoms with van der Waals surface area (Å²) < 4.78 is 7.29. The average Bonchev–Trinajstić information content (AvgIpc) is 3.32. The molecule has 2 aromatic rings. The Kier molecular flexibility index (Phi) is 6.00. The van der Waals surface area contributed by atoms with Crippen LogP contribution in [0.5, 0.6) is 0 Å². The number of nitrogens with zero attached hydrogens (tertiary/aromatic N) is 4. The molecule has 1 saturated heterocycles. The van der Waals surface area contributed by atoms with Gasteiger partial charge in [-0.1, -0.05) is 17.8 Å². The van der Waals surface area contributed by atoms with Gasteiger partial charge in [0.15, 0.2) is 10.9 Å². The highest BCUT2D eigenvalue weighted by Crippen LogP contribution is 2.29. The van der Waals surface area contributed by atoms with Crippen molar-refractivity contribution in [2.24, 2.45) is 11.7 Å². The fourth-order valence-electron chi connectivity index (χ4n) is 3.11. The van der Waals surface area contributed by atoms with E-state index in [9.17, 15) is 9.59 Å². The number of rotatable bonds is 7. The van der Waals surface area contributed by atoms with E-state index in [4.69, 9.17) is 10.2 Å². The van der Waals surface area contributed by atoms with E-state index in [1.54, 1.807) is 23.3 Å². The van der Waals surface area contributed by atoms with Gasteiger partial charge in [-0.3, -0.25) is 14.2 Å². The Labute approximate surface area is 161 Å². The van der Waals surface area contributed by atoms with Crippen LogP contribution < -0.4 is 5.73 Å². The number of carbonyl (C=O) groups excluding carboxylic acids is 2. The number of piperidine rings is 1. The first-order chi connectivity index (χ1) is 13.0. The summed E-state index contributed by atoms with van der Waals surface area (Å²) in [5.74, 6) is 0.819. The number of allylic oxidation sites excluding steroid dienone is 1. The van der Waals surface area contributed by atoms with E-state index in [0.717, 1.165) is 0 Å². The summed E-state index contributed by atoms with van der Waals surface area (Å²) in [5.41, 5.74) is 5.36. The summed E-state index contributed by atoms with van der Waals surface area (Å²) in [5, 5.41) is 8.74. The van der Waals surface area contributed by atoms with Crippen LogP contribution in [-0.4, -0.2) is 49.8 Å². The predicted octanol–water partition coefficient (Wildman–Crippen LogP) is 1.93. The van der Waals surface area contributed by atoms with Gasteiger partial charge in [-0.25, -0.2) is 0 Å². The minimum absolute atomic E-state index is 0.0237. The second-order valence-corrected chi connectivity index (χ2v) is 7.75. The lowest BCUT2D eigenvalue weighted by atomic mass is 9.96. The van der Waals surface area contributed by atoms with E-state index >= 15 is 0 Å². The van der Waals surface area contributed by atoms with E-state index in [2.05, 4.69) is 16.8 Å². The number of amides is 2. The van der Waals surface area contributed by atoms with Crippen molar-refractivity contribution in [2.45, 2.75) is 36.7 Å². The van der Waals surface area contributed by atoms with E-state index in [1.807, 2.05) is 17.6 Å². The van der Waals surface area contributed by atoms with Gasteiger partial charge in [0, 0.05) is 25.6 Å². The third-order valence-electron chi connectivity index (χ3n) is 4.61. The van der Waals surface area contributed by atoms with Gasteiger partial charge in [-0.05, 0) is 31.9 Å². The third kappa shape index (κ3) is 4.24. The van der Waals surface area contributed by atoms with Crippen LogP contribution in [0.15, 0.2) is 40.6 Å². The first-order valence-corrected chi connectivity index (χ1v) is 9.72. The molecular formula is C18H23N5O3S. The molecular weight excluding hydrogens is 366 g/mol. The van der Waals surface area contributed by atoms with Crippen molar-refractivity contribution in [1.82, 2.24) is 19.7 Å². The quantitative estimate of drug-likeness (QED) is 0.573. The molecule has 2 amide bonds. The molecule has 2 aromatic heterocycles. The number of primary amides is 1. The zero-order valence-electron chi connectivity index (χ0n) is 15.2. The second-order valence-electron chi connectivity index (χ2n) is 6.44. The number of hydrogen-bond acceptors (Lipinski definition) is 6. The maximum Gasteiger partial charge on any atom is 0.235 e. The lowest BCUT2D eigenvalue weighted by Crippen LogP contribution is -2.44. The van der Waals surface area contributed by atoms with E-state index < -0.39 is 0 Å². The van der Waals surface area contributed by atoms with E-state index in [0.29, 0.717) is 49.2 Å². The van der Waals surface area contributed by atoms with Gasteiger partial charge >= 0.3 is 0 Å². The van der Waals surface area contributed by atoms with Gasteiger partial charge in [0.05, 0.1) is 11.5 Å². The van der Waals surface area contributed by atoms with Crippen LogP contribution in [0.2, 0.25) is 0 Å². The van der Waals surface area contributed by atoms with Crippen LogP contribution in [0.3, 0.4) is 0 Å². The number of likely N-dealkylation sites (tertiary alicyclic amines) is 1. The Morgan fingerprint density at radius 3 is 2.78 bits per heavy atom. The molecule has 0 radical (unpaired) electrons. The largest absolute Gasteiger partial charge is 0.461 e. The molecule has 0 saturated carbocycles. The SMILES string of the molecule is C=CCn1c(SC(C)C(=O)N2CCC(C(N)=O)CC2)nnc1-c1ccco1. The highest BCUT2D eigenvalue weighted by atomic mass is 32.2. The minimum Gasteiger partial charge on any atom is -0.461 e. The highest BCUT2D eigenvalue weighted by molar-refractivity contribution is 8.00. The highest BCUT2D eigenvalue weighted by Gasteiger charge is 2.29. The van der Waals surface area contributed by atoms with Crippen LogP contribution in [0.1, 0.15) is 19.8 Å². The molecule has 144 valence electrons. The molecule has 2 N–H and O–H groups in total. The summed E-state index contributed by atoms with van der Waals surface area (Å²) >= 11 is 1.35. The number of aromatic nitrogens is 3. The maximum absolute atomic E-state index is 12.8. The molecule has 0 spiro atoms. The zero-order chi connectivity index (χ0) is 19.4. The lowest BCUT2D eigenvalue weighted by Gasteiger charge is -2.32. The molecule has 3 rings (SSSR count). The average molecular weight is 389 g/mol. The molecule has 9 heteroatoms. The topological polar surface area (TPSA) is 107 Å². The van der Waals surface area contributed by atoms with Crippen molar-refractivity contribution >= 4 is 23.6 Å². The molecule has 1 unspecified atom stereocenters. The van der Waals surface area contributed by atoms with Crippen molar-refractivity contribution < 1.29 is 14.0 Å². The molecule has 0 aromatic carbocycles. The number of nitrogens with two attached hydrogens (primary N) is 1. The minimum atomic E-state index is -0.327. The molecule has 1 fully saturated rings. The van der Waals surface area contributed by atoms with Crippen LogP contribution in [0.25, 0.3) is 11.6 Å². The number of carbonyl (C=O) groups is 2. The van der Waals surface area contributed by atoms with Crippen LogP contribution in [-0.2, 0) is 16.1 Å². The monoisotopic (exact) mass is 389 g/mol. The zero-order valence-corrected chi connectivity index (χ0v) is 16.0. The van der Waals surface area contributed by atoms with Crippen LogP contribution in [0.4, 0.5) is 0 Å². The molecule has 27 heavy (non-hydrogen) atoms. The second kappa shape index (κ2) is 8.43. The summed E-state index contributed by atoms with van der Waals surface area (Å²) in [4.78, 5) is 25.9. The number of thioether (sulfide) groups is 1. The molecule has 1 aliphatic heterocycles. The Bertz CT molecular complexity index is 809. The van der Waals surface area contributed by atoms with Crippen LogP contribution >= 0.6 is 11.8 Å². The molecule has 3 heterocycles. The summed E-state index contributed by atoms with van der Waals surface area (Å²) in [7, 11) is 0. The maximum atomic E-state index is 12.8. The first kappa shape index (κ1) is 19.2. The van der Waals surface area contributed by atoms with Crippen molar-refractivity contribution in [3.63, 3.8) is 0 Å². The van der Waals surface area contributed by atoms with Crippen molar-refractivity contribution in [1.29, 1.82) is 0 Å². The predicted molar refractivity (Wildman–Crippen MR) is 102 cm³/mol. The van der Waals surface area contributed by atoms with Gasteiger partial charge in [0.2, 0.25) is 17.6 Å². The lowest BCUT2D eigenvalue weighted by molar-refractivity contribution is -0.134. The molecule has 0 bridgehead atoms. The normalized spacial score (nSPS) is 16.3. The first-order valence-electron chi connectivity index (χ1n) is 8.84. The summed E-state index contributed by atoms with van der Waals surface area (Å²) in [6, 6.07) is 3.60. The molecule has 0 aliphatic carbocycles. The number of furan rings is 1. The third-order valence-corrected chi connectivity index (χ3v) is 5.68. The smallest absolute Gasteiger partial charge is 0.235 e. The van der Waals surface area contributed by atoms with Gasteiger partial charge in [-0.15, -0.1) is 16.8 Å². The van der Waals surface area contributed by atoms with Crippen LogP contribution in [0, 0.1) is 5.92 Å². The van der Waals surface area contributed by atoms with Gasteiger partial charge in [0.25, 0.3) is 0 Å². The van der Waals surface area contributed by atoms with E-state index in [1.165, 1.54) is 11.8 Å². The Morgan fingerprint density at radius 1 is 1.44 bits per heavy atom. The fourth-order valence-corrected chi connectivity index (χ4v) is 4.05. The summed E-state index contributed by atoms with van der Waals surface area (Å²) in [6.45, 7) is 7.24. The Balaban J connectivity index is 1.69. The van der Waals surface area contributed by atoms with Gasteiger partial charge in [-0.2, -0.15) is 0 Å². The van der Waals surface area contributed by atoms with Crippen molar-refractivity contribution in [3.8, 4) is 11.6 Å². The number of hydrogen-bond donors (Lipinski definition) is 1. The molecule has 1 aliphatic rings. The fraction of sp³-hybridized carbons (Fsp3) is 0.444. The van der Waals surface area contributed by atoms with Crippen molar-refractivity contribution in [3.05, 3.63) is 31.1 Å². The van der Waals surface area contributed by atoms with Crippen molar-refractivity contribution in [2.75, 3.05) is 13.1 Å². The Morgan fingerprint density at radius 2 is 2.19 bits per heavy atom. The van der Waals surface area contributed by atoms with E-state index in [-0.39, 0.29) is 23.0 Å². The molecule has 8 nitrogen and oxygen atoms in total. The van der Waals surface area contributed by atoms with Gasteiger partial charge < -0.3 is 15.1 Å². The van der Waals surface area contributed by atoms with Gasteiger partial charge in [0.1, 0.15) is 0 Å². The summed E-state index contributed by atoms with van der Waals surface area (Å²) in [6.07, 6.45) is 4.57. The standard InChI is InChI=1S/C18H23N5O3S/c1-3-8-23-16(14-5-4-11-26-14)20-21-18(23)27-12(2)17(25)22-9-6-13(7-10-22)15(19)24/h3-5,11-13H,1,6-10H2,2H3,(H2,19,24). The Hall–Kier alpha value is -2.55.